The van der Waals surface area contributed by atoms with Gasteiger partial charge in [0.15, 0.2) is 11.5 Å². The maximum atomic E-state index is 13.4. The van der Waals surface area contributed by atoms with Crippen molar-refractivity contribution in [3.05, 3.63) is 107 Å². The first-order valence-corrected chi connectivity index (χ1v) is 12.9. The molecule has 1 N–H and O–H groups in total. The number of ether oxygens (including phenoxy) is 2. The van der Waals surface area contributed by atoms with Gasteiger partial charge >= 0.3 is 6.03 Å². The number of imide groups is 2. The third kappa shape index (κ3) is 6.26. The van der Waals surface area contributed by atoms with Gasteiger partial charge in [-0.1, -0.05) is 55.0 Å². The summed E-state index contributed by atoms with van der Waals surface area (Å²) >= 11 is 0. The van der Waals surface area contributed by atoms with Gasteiger partial charge in [0.05, 0.1) is 12.3 Å². The van der Waals surface area contributed by atoms with Crippen LogP contribution in [-0.2, 0) is 29.0 Å². The summed E-state index contributed by atoms with van der Waals surface area (Å²) in [6.07, 6.45) is 4.52. The van der Waals surface area contributed by atoms with Crippen LogP contribution in [0.25, 0.3) is 6.08 Å². The number of allylic oxidation sites excluding steroid dienone is 1. The standard InChI is InChI=1S/C32H32N2O5/c1-5-8-25-17-24(19-28(38-7-3)29(25)39-20-23-11-9-21(4)10-12-23)18-27-30(35)33-32(37)34(31(27)36)26-15-13-22(6-2)14-16-26/h5,9-19H,1,6-8,20H2,2-4H3,(H,33,35,37)/b27-18-. The van der Waals surface area contributed by atoms with E-state index in [0.29, 0.717) is 42.4 Å². The lowest BCUT2D eigenvalue weighted by Crippen LogP contribution is -2.54. The molecule has 3 aromatic rings. The van der Waals surface area contributed by atoms with E-state index in [4.69, 9.17) is 9.47 Å². The van der Waals surface area contributed by atoms with E-state index in [1.807, 2.05) is 63.2 Å². The fraction of sp³-hybridized carbons (Fsp3) is 0.219. The van der Waals surface area contributed by atoms with Gasteiger partial charge in [0.2, 0.25) is 0 Å². The first-order chi connectivity index (χ1) is 18.8. The number of nitrogens with one attached hydrogen (secondary N) is 1. The zero-order valence-corrected chi connectivity index (χ0v) is 22.5. The summed E-state index contributed by atoms with van der Waals surface area (Å²) in [5, 5.41) is 2.28. The summed E-state index contributed by atoms with van der Waals surface area (Å²) in [7, 11) is 0. The number of barbiturate groups is 1. The average Bonchev–Trinajstić information content (AvgIpc) is 2.92. The molecule has 4 rings (SSSR count). The second-order valence-corrected chi connectivity index (χ2v) is 9.19. The highest BCUT2D eigenvalue weighted by Crippen LogP contribution is 2.36. The van der Waals surface area contributed by atoms with Crippen molar-refractivity contribution in [1.82, 2.24) is 5.32 Å². The number of carbonyl (C=O) groups excluding carboxylic acids is 3. The Hall–Kier alpha value is -4.65. The second kappa shape index (κ2) is 12.3. The van der Waals surface area contributed by atoms with Gasteiger partial charge in [0.25, 0.3) is 11.8 Å². The van der Waals surface area contributed by atoms with Crippen LogP contribution in [0.5, 0.6) is 11.5 Å². The van der Waals surface area contributed by atoms with E-state index in [0.717, 1.165) is 33.6 Å². The quantitative estimate of drug-likeness (QED) is 0.202. The SMILES string of the molecule is C=CCc1cc(/C=C2/C(=O)NC(=O)N(c3ccc(CC)cc3)C2=O)cc(OCC)c1OCc1ccc(C)cc1. The van der Waals surface area contributed by atoms with Crippen LogP contribution >= 0.6 is 0 Å². The number of nitrogens with zero attached hydrogens (tertiary/aromatic N) is 1. The number of benzene rings is 3. The van der Waals surface area contributed by atoms with Crippen molar-refractivity contribution in [3.63, 3.8) is 0 Å². The Bertz CT molecular complexity index is 1420. The highest BCUT2D eigenvalue weighted by Gasteiger charge is 2.36. The van der Waals surface area contributed by atoms with E-state index in [9.17, 15) is 14.4 Å². The normalized spacial score (nSPS) is 14.4. The molecule has 3 aromatic carbocycles. The molecular weight excluding hydrogens is 492 g/mol. The Kier molecular flexibility index (Phi) is 8.61. The van der Waals surface area contributed by atoms with Crippen LogP contribution in [-0.4, -0.2) is 24.5 Å². The number of urea groups is 1. The van der Waals surface area contributed by atoms with Crippen LogP contribution in [0.4, 0.5) is 10.5 Å². The molecule has 0 spiro atoms. The Labute approximate surface area is 228 Å². The minimum absolute atomic E-state index is 0.158. The highest BCUT2D eigenvalue weighted by molar-refractivity contribution is 6.39. The van der Waals surface area contributed by atoms with Crippen molar-refractivity contribution in [2.75, 3.05) is 11.5 Å². The van der Waals surface area contributed by atoms with Crippen LogP contribution in [0, 0.1) is 6.92 Å². The van der Waals surface area contributed by atoms with E-state index in [1.165, 1.54) is 6.08 Å². The molecule has 0 aliphatic carbocycles. The van der Waals surface area contributed by atoms with E-state index in [1.54, 1.807) is 24.3 Å². The predicted molar refractivity (Wildman–Crippen MR) is 152 cm³/mol. The number of amides is 4. The van der Waals surface area contributed by atoms with Crippen LogP contribution in [0.1, 0.15) is 41.7 Å². The van der Waals surface area contributed by atoms with Crippen molar-refractivity contribution in [2.45, 2.75) is 40.2 Å². The van der Waals surface area contributed by atoms with Gasteiger partial charge in [0, 0.05) is 5.56 Å². The number of hydrogen-bond acceptors (Lipinski definition) is 5. The first kappa shape index (κ1) is 27.4. The molecule has 1 aliphatic heterocycles. The monoisotopic (exact) mass is 524 g/mol. The highest BCUT2D eigenvalue weighted by atomic mass is 16.5. The Morgan fingerprint density at radius 3 is 2.26 bits per heavy atom. The molecule has 0 saturated carbocycles. The Morgan fingerprint density at radius 1 is 0.923 bits per heavy atom. The molecule has 0 atom stereocenters. The van der Waals surface area contributed by atoms with Gasteiger partial charge in [-0.25, -0.2) is 9.69 Å². The molecule has 1 aliphatic rings. The smallest absolute Gasteiger partial charge is 0.335 e. The summed E-state index contributed by atoms with van der Waals surface area (Å²) in [5.41, 5.74) is 4.83. The van der Waals surface area contributed by atoms with Crippen molar-refractivity contribution >= 4 is 29.6 Å². The lowest BCUT2D eigenvalue weighted by molar-refractivity contribution is -0.122. The molecule has 0 unspecified atom stereocenters. The number of hydrogen-bond donors (Lipinski definition) is 1. The van der Waals surface area contributed by atoms with E-state index in [2.05, 4.69) is 11.9 Å². The molecule has 1 saturated heterocycles. The Balaban J connectivity index is 1.70. The maximum Gasteiger partial charge on any atom is 0.335 e. The maximum absolute atomic E-state index is 13.4. The number of carbonyl (C=O) groups is 3. The van der Waals surface area contributed by atoms with Gasteiger partial charge in [-0.15, -0.1) is 6.58 Å². The molecule has 1 fully saturated rings. The zero-order chi connectivity index (χ0) is 27.9. The molecule has 0 radical (unpaired) electrons. The van der Waals surface area contributed by atoms with E-state index in [-0.39, 0.29) is 5.57 Å². The van der Waals surface area contributed by atoms with Crippen molar-refractivity contribution in [1.29, 1.82) is 0 Å². The average molecular weight is 525 g/mol. The van der Waals surface area contributed by atoms with Crippen molar-refractivity contribution in [3.8, 4) is 11.5 Å². The van der Waals surface area contributed by atoms with E-state index < -0.39 is 17.8 Å². The second-order valence-electron chi connectivity index (χ2n) is 9.19. The minimum Gasteiger partial charge on any atom is -0.490 e. The predicted octanol–water partition coefficient (Wildman–Crippen LogP) is 5.93. The summed E-state index contributed by atoms with van der Waals surface area (Å²) in [5.74, 6) is -0.389. The van der Waals surface area contributed by atoms with Gasteiger partial charge in [-0.3, -0.25) is 14.9 Å². The topological polar surface area (TPSA) is 84.9 Å². The lowest BCUT2D eigenvalue weighted by Gasteiger charge is -2.26. The van der Waals surface area contributed by atoms with Crippen LogP contribution in [0.15, 0.2) is 78.9 Å². The number of anilines is 1. The van der Waals surface area contributed by atoms with Gasteiger partial charge < -0.3 is 9.47 Å². The van der Waals surface area contributed by atoms with Gasteiger partial charge in [-0.2, -0.15) is 0 Å². The largest absolute Gasteiger partial charge is 0.490 e. The molecule has 4 amide bonds. The summed E-state index contributed by atoms with van der Waals surface area (Å²) in [6, 6.07) is 17.9. The van der Waals surface area contributed by atoms with Crippen LogP contribution < -0.4 is 19.7 Å². The van der Waals surface area contributed by atoms with Crippen LogP contribution in [0.2, 0.25) is 0 Å². The van der Waals surface area contributed by atoms with Crippen molar-refractivity contribution in [2.24, 2.45) is 0 Å². The Morgan fingerprint density at radius 2 is 1.62 bits per heavy atom. The lowest BCUT2D eigenvalue weighted by atomic mass is 10.0. The summed E-state index contributed by atoms with van der Waals surface area (Å²) in [4.78, 5) is 39.7. The van der Waals surface area contributed by atoms with Crippen molar-refractivity contribution < 1.29 is 23.9 Å². The third-order valence-corrected chi connectivity index (χ3v) is 6.34. The fourth-order valence-electron chi connectivity index (χ4n) is 4.28. The minimum atomic E-state index is -0.784. The molecule has 1 heterocycles. The molecule has 7 nitrogen and oxygen atoms in total. The molecule has 7 heteroatoms. The summed E-state index contributed by atoms with van der Waals surface area (Å²) < 4.78 is 12.1. The first-order valence-electron chi connectivity index (χ1n) is 12.9. The number of aryl methyl sites for hydroxylation is 2. The molecule has 39 heavy (non-hydrogen) atoms. The molecular formula is C32H32N2O5. The molecule has 0 bridgehead atoms. The van der Waals surface area contributed by atoms with Crippen LogP contribution in [0.3, 0.4) is 0 Å². The molecule has 0 aromatic heterocycles. The van der Waals surface area contributed by atoms with Gasteiger partial charge in [-0.05, 0) is 73.7 Å². The third-order valence-electron chi connectivity index (χ3n) is 6.34. The number of rotatable bonds is 10. The van der Waals surface area contributed by atoms with E-state index >= 15 is 0 Å². The molecule has 200 valence electrons. The zero-order valence-electron chi connectivity index (χ0n) is 22.5. The summed E-state index contributed by atoms with van der Waals surface area (Å²) in [6.45, 7) is 10.5. The van der Waals surface area contributed by atoms with Gasteiger partial charge in [0.1, 0.15) is 12.2 Å². The fourth-order valence-corrected chi connectivity index (χ4v) is 4.28.